The minimum atomic E-state index is 0.222. The topological polar surface area (TPSA) is 78.5 Å². The van der Waals surface area contributed by atoms with Crippen LogP contribution in [0.4, 0.5) is 11.6 Å². The first-order valence-corrected chi connectivity index (χ1v) is 7.36. The highest BCUT2D eigenvalue weighted by Gasteiger charge is 2.19. The van der Waals surface area contributed by atoms with Gasteiger partial charge in [0.1, 0.15) is 17.5 Å². The van der Waals surface area contributed by atoms with Crippen LogP contribution < -0.4 is 10.6 Å². The van der Waals surface area contributed by atoms with Crippen LogP contribution in [-0.4, -0.2) is 59.3 Å². The molecule has 0 aromatic carbocycles. The molecule has 6 nitrogen and oxygen atoms in total. The molecule has 1 aliphatic heterocycles. The minimum absolute atomic E-state index is 0.222. The molecule has 0 amide bonds. The number of aliphatic hydroxyl groups excluding tert-OH is 1. The Labute approximate surface area is 120 Å². The third kappa shape index (κ3) is 3.37. The number of aliphatic hydroxyl groups is 1. The van der Waals surface area contributed by atoms with Crippen molar-refractivity contribution in [3.8, 4) is 0 Å². The molecule has 0 saturated carbocycles. The molecule has 1 saturated heterocycles. The number of anilines is 2. The van der Waals surface area contributed by atoms with Gasteiger partial charge in [-0.2, -0.15) is 0 Å². The Kier molecular flexibility index (Phi) is 5.14. The maximum absolute atomic E-state index is 9.05. The summed E-state index contributed by atoms with van der Waals surface area (Å²) < 4.78 is 0. The molecule has 0 spiro atoms. The first-order chi connectivity index (χ1) is 9.65. The zero-order valence-electron chi connectivity index (χ0n) is 12.5. The van der Waals surface area contributed by atoms with Crippen molar-refractivity contribution in [2.75, 3.05) is 50.0 Å². The zero-order chi connectivity index (χ0) is 14.5. The molecular formula is C14H25N5O. The number of β-amino-alcohol motifs (C(OH)–C–C–N with tert-alkyl or cyclic N) is 1. The van der Waals surface area contributed by atoms with Gasteiger partial charge in [0.05, 0.1) is 6.61 Å². The normalized spacial score (nSPS) is 17.2. The van der Waals surface area contributed by atoms with Crippen molar-refractivity contribution >= 4 is 11.6 Å². The van der Waals surface area contributed by atoms with Crippen LogP contribution in [0.1, 0.15) is 24.7 Å². The number of nitrogens with zero attached hydrogens (tertiary/aromatic N) is 4. The van der Waals surface area contributed by atoms with Gasteiger partial charge in [0.25, 0.3) is 0 Å². The van der Waals surface area contributed by atoms with E-state index in [1.54, 1.807) is 0 Å². The summed E-state index contributed by atoms with van der Waals surface area (Å²) in [6.07, 6.45) is 1.87. The third-order valence-corrected chi connectivity index (χ3v) is 3.82. The molecular weight excluding hydrogens is 254 g/mol. The summed E-state index contributed by atoms with van der Waals surface area (Å²) in [4.78, 5) is 13.6. The van der Waals surface area contributed by atoms with Gasteiger partial charge < -0.3 is 15.7 Å². The van der Waals surface area contributed by atoms with Crippen LogP contribution in [-0.2, 0) is 6.42 Å². The average molecular weight is 279 g/mol. The highest BCUT2D eigenvalue weighted by atomic mass is 16.3. The molecule has 0 radical (unpaired) electrons. The molecule has 2 rings (SSSR count). The van der Waals surface area contributed by atoms with Gasteiger partial charge in [0.2, 0.25) is 0 Å². The molecule has 1 aromatic rings. The van der Waals surface area contributed by atoms with E-state index < -0.39 is 0 Å². The maximum Gasteiger partial charge on any atom is 0.137 e. The second-order valence-electron chi connectivity index (χ2n) is 5.23. The van der Waals surface area contributed by atoms with Crippen molar-refractivity contribution in [2.24, 2.45) is 0 Å². The number of rotatable bonds is 4. The molecule has 3 N–H and O–H groups in total. The Hall–Kier alpha value is -1.40. The fourth-order valence-corrected chi connectivity index (χ4v) is 2.58. The quantitative estimate of drug-likeness (QED) is 0.832. The van der Waals surface area contributed by atoms with Crippen LogP contribution >= 0.6 is 0 Å². The summed E-state index contributed by atoms with van der Waals surface area (Å²) in [5, 5.41) is 9.05. The highest BCUT2D eigenvalue weighted by molar-refractivity contribution is 5.56. The lowest BCUT2D eigenvalue weighted by Crippen LogP contribution is -2.33. The molecule has 0 aliphatic carbocycles. The number of nitrogens with two attached hydrogens (primary N) is 1. The standard InChI is InChI=1S/C14H25N5O/c1-3-12-16-13(15)11(2)14(17-12)19-6-4-5-18(7-8-19)9-10-20/h20H,3-10H2,1-2H3,(H2,15,16,17). The number of hydrogen-bond donors (Lipinski definition) is 2. The fourth-order valence-electron chi connectivity index (χ4n) is 2.58. The number of hydrogen-bond acceptors (Lipinski definition) is 6. The molecule has 0 bridgehead atoms. The molecule has 1 fully saturated rings. The van der Waals surface area contributed by atoms with Gasteiger partial charge in [-0.25, -0.2) is 9.97 Å². The Morgan fingerprint density at radius 3 is 2.70 bits per heavy atom. The van der Waals surface area contributed by atoms with Crippen molar-refractivity contribution in [1.29, 1.82) is 0 Å². The van der Waals surface area contributed by atoms with E-state index in [0.717, 1.165) is 62.8 Å². The van der Waals surface area contributed by atoms with Crippen molar-refractivity contribution in [1.82, 2.24) is 14.9 Å². The summed E-state index contributed by atoms with van der Waals surface area (Å²) in [5.74, 6) is 2.36. The molecule has 2 heterocycles. The van der Waals surface area contributed by atoms with Crippen LogP contribution in [0.2, 0.25) is 0 Å². The Bertz CT molecular complexity index is 451. The monoisotopic (exact) mass is 279 g/mol. The minimum Gasteiger partial charge on any atom is -0.395 e. The van der Waals surface area contributed by atoms with E-state index in [9.17, 15) is 0 Å². The van der Waals surface area contributed by atoms with Gasteiger partial charge in [-0.1, -0.05) is 6.92 Å². The summed E-state index contributed by atoms with van der Waals surface area (Å²) >= 11 is 0. The van der Waals surface area contributed by atoms with Gasteiger partial charge in [0, 0.05) is 38.2 Å². The van der Waals surface area contributed by atoms with Crippen molar-refractivity contribution < 1.29 is 5.11 Å². The van der Waals surface area contributed by atoms with Gasteiger partial charge in [0.15, 0.2) is 0 Å². The maximum atomic E-state index is 9.05. The molecule has 1 aromatic heterocycles. The van der Waals surface area contributed by atoms with Gasteiger partial charge in [-0.15, -0.1) is 0 Å². The van der Waals surface area contributed by atoms with Crippen LogP contribution in [0.15, 0.2) is 0 Å². The van der Waals surface area contributed by atoms with Crippen LogP contribution in [0.3, 0.4) is 0 Å². The van der Waals surface area contributed by atoms with Gasteiger partial charge >= 0.3 is 0 Å². The predicted molar refractivity (Wildman–Crippen MR) is 80.9 cm³/mol. The van der Waals surface area contributed by atoms with Gasteiger partial charge in [-0.3, -0.25) is 4.90 Å². The first kappa shape index (κ1) is 15.0. The lowest BCUT2D eigenvalue weighted by Gasteiger charge is -2.24. The third-order valence-electron chi connectivity index (χ3n) is 3.82. The predicted octanol–water partition coefficient (Wildman–Crippen LogP) is 0.434. The average Bonchev–Trinajstić information content (AvgIpc) is 2.68. The number of aryl methyl sites for hydroxylation is 1. The van der Waals surface area contributed by atoms with Crippen LogP contribution in [0.25, 0.3) is 0 Å². The highest BCUT2D eigenvalue weighted by Crippen LogP contribution is 2.23. The number of aromatic nitrogens is 2. The van der Waals surface area contributed by atoms with E-state index in [-0.39, 0.29) is 6.61 Å². The zero-order valence-corrected chi connectivity index (χ0v) is 12.5. The SMILES string of the molecule is CCc1nc(N)c(C)c(N2CCCN(CCO)CC2)n1. The van der Waals surface area contributed by atoms with E-state index in [1.165, 1.54) is 0 Å². The summed E-state index contributed by atoms with van der Waals surface area (Å²) in [6, 6.07) is 0. The Morgan fingerprint density at radius 1 is 1.20 bits per heavy atom. The lowest BCUT2D eigenvalue weighted by atomic mass is 10.2. The van der Waals surface area contributed by atoms with E-state index in [1.807, 2.05) is 13.8 Å². The molecule has 112 valence electrons. The van der Waals surface area contributed by atoms with E-state index in [4.69, 9.17) is 10.8 Å². The summed E-state index contributed by atoms with van der Waals surface area (Å²) in [6.45, 7) is 8.86. The summed E-state index contributed by atoms with van der Waals surface area (Å²) in [5.41, 5.74) is 6.97. The second kappa shape index (κ2) is 6.85. The molecule has 0 atom stereocenters. The Balaban J connectivity index is 2.17. The first-order valence-electron chi connectivity index (χ1n) is 7.36. The summed E-state index contributed by atoms with van der Waals surface area (Å²) in [7, 11) is 0. The Morgan fingerprint density at radius 2 is 2.00 bits per heavy atom. The van der Waals surface area contributed by atoms with Gasteiger partial charge in [-0.05, 0) is 19.9 Å². The molecule has 0 unspecified atom stereocenters. The molecule has 20 heavy (non-hydrogen) atoms. The van der Waals surface area contributed by atoms with Crippen molar-refractivity contribution in [2.45, 2.75) is 26.7 Å². The molecule has 6 heteroatoms. The largest absolute Gasteiger partial charge is 0.395 e. The van der Waals surface area contributed by atoms with Crippen LogP contribution in [0.5, 0.6) is 0 Å². The van der Waals surface area contributed by atoms with Crippen molar-refractivity contribution in [3.05, 3.63) is 11.4 Å². The van der Waals surface area contributed by atoms with E-state index in [0.29, 0.717) is 5.82 Å². The van der Waals surface area contributed by atoms with E-state index >= 15 is 0 Å². The fraction of sp³-hybridized carbons (Fsp3) is 0.714. The molecule has 1 aliphatic rings. The van der Waals surface area contributed by atoms with Crippen molar-refractivity contribution in [3.63, 3.8) is 0 Å². The lowest BCUT2D eigenvalue weighted by molar-refractivity contribution is 0.204. The second-order valence-corrected chi connectivity index (χ2v) is 5.23. The van der Waals surface area contributed by atoms with Crippen LogP contribution in [0, 0.1) is 6.92 Å². The van der Waals surface area contributed by atoms with E-state index in [2.05, 4.69) is 19.8 Å². The number of nitrogen functional groups attached to an aromatic ring is 1. The smallest absolute Gasteiger partial charge is 0.137 e.